The Morgan fingerprint density at radius 1 is 1.33 bits per heavy atom. The molecule has 12 heteroatoms. The van der Waals surface area contributed by atoms with Crippen LogP contribution in [0.15, 0.2) is 12.5 Å². The molecule has 3 amide bonds. The first-order valence-electron chi connectivity index (χ1n) is 11.0. The maximum absolute atomic E-state index is 13.3. The van der Waals surface area contributed by atoms with Crippen molar-refractivity contribution in [3.63, 3.8) is 0 Å². The molecular weight excluding hydrogens is 448 g/mol. The van der Waals surface area contributed by atoms with Crippen LogP contribution in [0.2, 0.25) is 0 Å². The zero-order valence-corrected chi connectivity index (χ0v) is 20.1. The largest absolute Gasteiger partial charge is 0.480 e. The van der Waals surface area contributed by atoms with Crippen molar-refractivity contribution < 1.29 is 24.3 Å². The van der Waals surface area contributed by atoms with Gasteiger partial charge in [-0.3, -0.25) is 14.4 Å². The zero-order valence-electron chi connectivity index (χ0n) is 19.2. The zero-order chi connectivity index (χ0) is 24.5. The predicted molar refractivity (Wildman–Crippen MR) is 124 cm³/mol. The van der Waals surface area contributed by atoms with E-state index in [0.717, 1.165) is 0 Å². The number of imidazole rings is 1. The molecule has 2 rings (SSSR count). The highest BCUT2D eigenvalue weighted by Gasteiger charge is 2.40. The first kappa shape index (κ1) is 26.7. The first-order chi connectivity index (χ1) is 15.6. The molecule has 4 atom stereocenters. The molecule has 0 bridgehead atoms. The van der Waals surface area contributed by atoms with Gasteiger partial charge in [-0.2, -0.15) is 11.8 Å². The number of carboxylic acids is 1. The number of carbonyl (C=O) groups is 4. The summed E-state index contributed by atoms with van der Waals surface area (Å²) in [6.07, 6.45) is 6.52. The van der Waals surface area contributed by atoms with Crippen LogP contribution in [0.25, 0.3) is 0 Å². The van der Waals surface area contributed by atoms with Crippen LogP contribution in [0.1, 0.15) is 38.8 Å². The van der Waals surface area contributed by atoms with Gasteiger partial charge < -0.3 is 31.4 Å². The van der Waals surface area contributed by atoms with Crippen molar-refractivity contribution in [2.45, 2.75) is 63.7 Å². The molecule has 1 aliphatic heterocycles. The van der Waals surface area contributed by atoms with E-state index in [1.54, 1.807) is 20.0 Å². The number of aromatic nitrogens is 2. The Morgan fingerprint density at radius 3 is 2.64 bits per heavy atom. The van der Waals surface area contributed by atoms with Gasteiger partial charge in [0.2, 0.25) is 17.7 Å². The number of carboxylic acid groups (broad SMARTS) is 1. The number of likely N-dealkylation sites (tertiary alicyclic amines) is 1. The Morgan fingerprint density at radius 2 is 2.06 bits per heavy atom. The van der Waals surface area contributed by atoms with Crippen LogP contribution in [0.5, 0.6) is 0 Å². The minimum Gasteiger partial charge on any atom is -0.480 e. The number of hydrogen-bond acceptors (Lipinski definition) is 7. The molecule has 0 aliphatic carbocycles. The van der Waals surface area contributed by atoms with Gasteiger partial charge in [-0.05, 0) is 37.2 Å². The normalized spacial score (nSPS) is 18.6. The summed E-state index contributed by atoms with van der Waals surface area (Å²) >= 11 is 1.49. The lowest BCUT2D eigenvalue weighted by Gasteiger charge is -2.31. The molecule has 0 radical (unpaired) electrons. The van der Waals surface area contributed by atoms with E-state index in [9.17, 15) is 24.3 Å². The monoisotopic (exact) mass is 482 g/mol. The van der Waals surface area contributed by atoms with Crippen molar-refractivity contribution in [1.29, 1.82) is 0 Å². The van der Waals surface area contributed by atoms with Crippen molar-refractivity contribution >= 4 is 35.5 Å². The van der Waals surface area contributed by atoms with E-state index < -0.39 is 42.0 Å². The van der Waals surface area contributed by atoms with Gasteiger partial charge in [0.05, 0.1) is 12.4 Å². The molecule has 0 spiro atoms. The molecule has 6 N–H and O–H groups in total. The summed E-state index contributed by atoms with van der Waals surface area (Å²) in [4.78, 5) is 58.5. The SMILES string of the molecule is CSCCC(NC(=O)C1CCCN1C(=O)C(NC(=O)C(N)Cc1cnc[nH]1)C(C)C)C(=O)O. The number of aliphatic carboxylic acids is 1. The Labute approximate surface area is 197 Å². The van der Waals surface area contributed by atoms with Crippen LogP contribution in [0, 0.1) is 5.92 Å². The molecule has 0 aromatic carbocycles. The fourth-order valence-corrected chi connectivity index (χ4v) is 4.21. The number of carbonyl (C=O) groups excluding carboxylic acids is 3. The molecule has 11 nitrogen and oxygen atoms in total. The van der Waals surface area contributed by atoms with Crippen molar-refractivity contribution in [1.82, 2.24) is 25.5 Å². The van der Waals surface area contributed by atoms with Crippen LogP contribution < -0.4 is 16.4 Å². The molecule has 4 unspecified atom stereocenters. The highest BCUT2D eigenvalue weighted by atomic mass is 32.2. The van der Waals surface area contributed by atoms with Gasteiger partial charge in [0, 0.05) is 24.9 Å². The summed E-state index contributed by atoms with van der Waals surface area (Å²) < 4.78 is 0. The minimum absolute atomic E-state index is 0.238. The molecule has 1 aromatic rings. The van der Waals surface area contributed by atoms with Gasteiger partial charge in [0.1, 0.15) is 18.1 Å². The highest BCUT2D eigenvalue weighted by molar-refractivity contribution is 7.98. The topological polar surface area (TPSA) is 171 Å². The standard InChI is InChI=1S/C21H34N6O5S/c1-12(2)17(26-18(28)14(22)9-13-10-23-11-24-13)20(30)27-7-4-5-16(27)19(29)25-15(21(31)32)6-8-33-3/h10-12,14-17H,4-9,22H2,1-3H3,(H,23,24)(H,25,29)(H,26,28)(H,31,32). The average Bonchev–Trinajstić information content (AvgIpc) is 3.45. The van der Waals surface area contributed by atoms with Gasteiger partial charge in [0.25, 0.3) is 0 Å². The van der Waals surface area contributed by atoms with Crippen LogP contribution in [-0.2, 0) is 25.6 Å². The predicted octanol–water partition coefficient (Wildman–Crippen LogP) is -0.266. The number of nitrogens with one attached hydrogen (secondary N) is 3. The summed E-state index contributed by atoms with van der Waals surface area (Å²) in [5.41, 5.74) is 6.71. The van der Waals surface area contributed by atoms with Crippen molar-refractivity contribution in [3.05, 3.63) is 18.2 Å². The minimum atomic E-state index is -1.10. The number of amides is 3. The molecule has 1 saturated heterocycles. The van der Waals surface area contributed by atoms with Gasteiger partial charge in [-0.25, -0.2) is 9.78 Å². The number of rotatable bonds is 12. The second-order valence-corrected chi connectivity index (χ2v) is 9.47. The van der Waals surface area contributed by atoms with E-state index in [-0.39, 0.29) is 18.2 Å². The molecular formula is C21H34N6O5S. The van der Waals surface area contributed by atoms with E-state index in [1.165, 1.54) is 23.0 Å². The van der Waals surface area contributed by atoms with Gasteiger partial charge >= 0.3 is 5.97 Å². The van der Waals surface area contributed by atoms with E-state index in [1.807, 2.05) is 6.26 Å². The smallest absolute Gasteiger partial charge is 0.326 e. The molecule has 2 heterocycles. The summed E-state index contributed by atoms with van der Waals surface area (Å²) in [5, 5.41) is 14.7. The number of nitrogens with two attached hydrogens (primary N) is 1. The maximum atomic E-state index is 13.3. The maximum Gasteiger partial charge on any atom is 0.326 e. The molecule has 1 aliphatic rings. The Bertz CT molecular complexity index is 818. The van der Waals surface area contributed by atoms with Crippen LogP contribution in [-0.4, -0.2) is 86.4 Å². The number of nitrogens with zero attached hydrogens (tertiary/aromatic N) is 2. The lowest BCUT2D eigenvalue weighted by molar-refractivity contribution is -0.145. The Balaban J connectivity index is 2.05. The number of hydrogen-bond donors (Lipinski definition) is 5. The van der Waals surface area contributed by atoms with Gasteiger partial charge in [-0.1, -0.05) is 13.8 Å². The fourth-order valence-electron chi connectivity index (χ4n) is 3.74. The molecule has 1 aromatic heterocycles. The number of H-pyrrole nitrogens is 1. The third-order valence-corrected chi connectivity index (χ3v) is 6.27. The quantitative estimate of drug-likeness (QED) is 0.271. The summed E-state index contributed by atoms with van der Waals surface area (Å²) in [6.45, 7) is 3.97. The van der Waals surface area contributed by atoms with E-state index in [0.29, 0.717) is 37.3 Å². The van der Waals surface area contributed by atoms with E-state index >= 15 is 0 Å². The third kappa shape index (κ3) is 7.46. The Kier molecular flexibility index (Phi) is 10.2. The third-order valence-electron chi connectivity index (χ3n) is 5.63. The van der Waals surface area contributed by atoms with Crippen LogP contribution in [0.4, 0.5) is 0 Å². The Hall–Kier alpha value is -2.60. The molecule has 1 fully saturated rings. The van der Waals surface area contributed by atoms with Gasteiger partial charge in [0.15, 0.2) is 0 Å². The summed E-state index contributed by atoms with van der Waals surface area (Å²) in [7, 11) is 0. The van der Waals surface area contributed by atoms with Crippen LogP contribution >= 0.6 is 11.8 Å². The lowest BCUT2D eigenvalue weighted by atomic mass is 10.0. The fraction of sp³-hybridized carbons (Fsp3) is 0.667. The lowest BCUT2D eigenvalue weighted by Crippen LogP contribution is -2.58. The first-order valence-corrected chi connectivity index (χ1v) is 12.4. The van der Waals surface area contributed by atoms with Crippen molar-refractivity contribution in [2.24, 2.45) is 11.7 Å². The molecule has 0 saturated carbocycles. The molecule has 184 valence electrons. The summed E-state index contributed by atoms with van der Waals surface area (Å²) in [5.74, 6) is -2.09. The average molecular weight is 483 g/mol. The molecule has 33 heavy (non-hydrogen) atoms. The van der Waals surface area contributed by atoms with E-state index in [2.05, 4.69) is 20.6 Å². The van der Waals surface area contributed by atoms with Crippen LogP contribution in [0.3, 0.4) is 0 Å². The number of thioether (sulfide) groups is 1. The second kappa shape index (κ2) is 12.6. The van der Waals surface area contributed by atoms with Gasteiger partial charge in [-0.15, -0.1) is 0 Å². The van der Waals surface area contributed by atoms with Crippen molar-refractivity contribution in [3.8, 4) is 0 Å². The highest BCUT2D eigenvalue weighted by Crippen LogP contribution is 2.21. The van der Waals surface area contributed by atoms with E-state index in [4.69, 9.17) is 5.73 Å². The second-order valence-electron chi connectivity index (χ2n) is 8.49. The summed E-state index contributed by atoms with van der Waals surface area (Å²) in [6, 6.07) is -3.51. The van der Waals surface area contributed by atoms with Crippen molar-refractivity contribution in [2.75, 3.05) is 18.6 Å². The number of aromatic amines is 1.